The van der Waals surface area contributed by atoms with Crippen LogP contribution in [0, 0.1) is 6.92 Å². The number of benzene rings is 1. The second-order valence-electron chi connectivity index (χ2n) is 8.59. The number of unbranched alkanes of at least 4 members (excludes halogenated alkanes) is 1. The Bertz CT molecular complexity index is 1060. The molecular weight excluding hydrogens is 556 g/mol. The summed E-state index contributed by atoms with van der Waals surface area (Å²) in [4.78, 5) is 11.6. The average molecular weight is 587 g/mol. The Labute approximate surface area is 208 Å². The Morgan fingerprint density at radius 2 is 2.06 bits per heavy atom. The molecule has 33 heavy (non-hydrogen) atoms. The summed E-state index contributed by atoms with van der Waals surface area (Å²) in [6, 6.07) is 4.23. The van der Waals surface area contributed by atoms with Crippen molar-refractivity contribution in [3.8, 4) is 11.1 Å². The van der Waals surface area contributed by atoms with E-state index in [-0.39, 0.29) is 6.09 Å². The number of nitrogens with zero attached hydrogens (tertiary/aromatic N) is 3. The topological polar surface area (TPSA) is 103 Å². The molecular formula is C22H31IN5O4P. The second kappa shape index (κ2) is 12.0. The zero-order valence-corrected chi connectivity index (χ0v) is 22.6. The van der Waals surface area contributed by atoms with Gasteiger partial charge in [-0.2, -0.15) is 5.10 Å². The highest BCUT2D eigenvalue weighted by atomic mass is 127. The summed E-state index contributed by atoms with van der Waals surface area (Å²) >= 11 is 2.33. The second-order valence-corrected chi connectivity index (χ2v) is 10.6. The van der Waals surface area contributed by atoms with Crippen molar-refractivity contribution in [2.75, 3.05) is 31.6 Å². The Morgan fingerprint density at radius 1 is 1.24 bits per heavy atom. The molecule has 1 amide bonds. The molecule has 0 aliphatic carbocycles. The Kier molecular flexibility index (Phi) is 9.34. The van der Waals surface area contributed by atoms with E-state index >= 15 is 0 Å². The maximum Gasteiger partial charge on any atom is 0.407 e. The minimum Gasteiger partial charge on any atom is -0.444 e. The molecule has 0 bridgehead atoms. The summed E-state index contributed by atoms with van der Waals surface area (Å²) in [5, 5.41) is 15.8. The van der Waals surface area contributed by atoms with Gasteiger partial charge < -0.3 is 24.6 Å². The first kappa shape index (κ1) is 25.7. The van der Waals surface area contributed by atoms with Gasteiger partial charge in [0.05, 0.1) is 30.4 Å². The van der Waals surface area contributed by atoms with E-state index in [1.807, 2.05) is 38.3 Å². The smallest absolute Gasteiger partial charge is 0.407 e. The van der Waals surface area contributed by atoms with Crippen molar-refractivity contribution in [2.45, 2.75) is 46.1 Å². The zero-order valence-electron chi connectivity index (χ0n) is 19.4. The summed E-state index contributed by atoms with van der Waals surface area (Å²) < 4.78 is 18.1. The number of fused-ring (bicyclic) bond motifs is 1. The molecule has 0 saturated carbocycles. The van der Waals surface area contributed by atoms with E-state index in [1.54, 1.807) is 6.26 Å². The monoisotopic (exact) mass is 587 g/mol. The number of hydrogen-bond donors (Lipinski definition) is 2. The molecule has 1 aromatic carbocycles. The summed E-state index contributed by atoms with van der Waals surface area (Å²) in [6.07, 6.45) is 5.40. The number of carbonyl (C=O) groups is 1. The van der Waals surface area contributed by atoms with Gasteiger partial charge >= 0.3 is 6.09 Å². The number of anilines is 1. The first-order valence-electron chi connectivity index (χ1n) is 10.9. The van der Waals surface area contributed by atoms with Crippen LogP contribution in [-0.2, 0) is 9.47 Å². The molecule has 0 fully saturated rings. The lowest BCUT2D eigenvalue weighted by Gasteiger charge is -2.19. The first-order valence-corrected chi connectivity index (χ1v) is 14.9. The van der Waals surface area contributed by atoms with Gasteiger partial charge in [0.25, 0.3) is 0 Å². The van der Waals surface area contributed by atoms with E-state index in [4.69, 9.17) is 14.0 Å². The molecule has 1 atom stereocenters. The van der Waals surface area contributed by atoms with Crippen LogP contribution in [0.4, 0.5) is 10.5 Å². The SMILES string of the molecule is Cc1nocc1-c1cc(NCCOCCCCNC(=O)OC(C)(C)C)c2cnn(PI)c2c1. The normalized spacial score (nSPS) is 12.0. The van der Waals surface area contributed by atoms with Crippen LogP contribution < -0.4 is 10.6 Å². The minimum absolute atomic E-state index is 0.381. The van der Waals surface area contributed by atoms with Crippen LogP contribution in [0.5, 0.6) is 0 Å². The maximum absolute atomic E-state index is 11.6. The van der Waals surface area contributed by atoms with E-state index < -0.39 is 5.60 Å². The number of alkyl carbamates (subject to hydrolysis) is 1. The van der Waals surface area contributed by atoms with Crippen LogP contribution in [0.15, 0.2) is 29.1 Å². The van der Waals surface area contributed by atoms with Crippen molar-refractivity contribution in [3.63, 3.8) is 0 Å². The zero-order chi connectivity index (χ0) is 23.8. The van der Waals surface area contributed by atoms with Gasteiger partial charge in [0, 0.05) is 36.3 Å². The van der Waals surface area contributed by atoms with Crippen LogP contribution >= 0.6 is 28.4 Å². The van der Waals surface area contributed by atoms with Gasteiger partial charge in [0.2, 0.25) is 0 Å². The van der Waals surface area contributed by atoms with Crippen molar-refractivity contribution in [1.29, 1.82) is 0 Å². The molecule has 0 aliphatic heterocycles. The van der Waals surface area contributed by atoms with Crippen LogP contribution in [-0.4, -0.2) is 52.7 Å². The molecule has 0 aliphatic rings. The fourth-order valence-electron chi connectivity index (χ4n) is 3.26. The third-order valence-electron chi connectivity index (χ3n) is 4.78. The lowest BCUT2D eigenvalue weighted by atomic mass is 10.0. The molecule has 3 rings (SSSR count). The first-order chi connectivity index (χ1) is 15.8. The molecule has 2 heterocycles. The molecule has 0 saturated heterocycles. The van der Waals surface area contributed by atoms with Crippen molar-refractivity contribution in [1.82, 2.24) is 20.0 Å². The number of ether oxygens (including phenoxy) is 2. The van der Waals surface area contributed by atoms with Gasteiger partial charge in [-0.05, 0) is 80.3 Å². The number of hydrogen-bond acceptors (Lipinski definition) is 7. The predicted molar refractivity (Wildman–Crippen MR) is 140 cm³/mol. The Morgan fingerprint density at radius 3 is 2.76 bits per heavy atom. The quantitative estimate of drug-likeness (QED) is 0.173. The van der Waals surface area contributed by atoms with Gasteiger partial charge in [-0.3, -0.25) is 0 Å². The summed E-state index contributed by atoms with van der Waals surface area (Å²) in [5.74, 6) is 0. The van der Waals surface area contributed by atoms with Crippen LogP contribution in [0.1, 0.15) is 39.3 Å². The lowest BCUT2D eigenvalue weighted by Crippen LogP contribution is -2.33. The van der Waals surface area contributed by atoms with Crippen LogP contribution in [0.25, 0.3) is 22.0 Å². The van der Waals surface area contributed by atoms with Crippen LogP contribution in [0.3, 0.4) is 0 Å². The van der Waals surface area contributed by atoms with Crippen LogP contribution in [0.2, 0.25) is 0 Å². The molecule has 0 radical (unpaired) electrons. The standard InChI is InChI=1S/C22H31IN5O4P/c1-15-18(14-31-27-15)16-11-19(17-13-26-28(33-23)20(17)12-16)24-8-10-30-9-6-5-7-25-21(29)32-22(2,3)4/h11-14,24,33H,5-10H2,1-4H3,(H,25,29). The number of carbonyl (C=O) groups excluding carboxylic acids is 1. The molecule has 3 aromatic rings. The summed E-state index contributed by atoms with van der Waals surface area (Å²) in [7, 11) is 0. The third kappa shape index (κ3) is 7.55. The van der Waals surface area contributed by atoms with Crippen molar-refractivity contribution in [3.05, 3.63) is 30.3 Å². The highest BCUT2D eigenvalue weighted by Gasteiger charge is 2.15. The average Bonchev–Trinajstić information content (AvgIpc) is 3.36. The molecule has 2 aromatic heterocycles. The fourth-order valence-corrected chi connectivity index (χ4v) is 4.79. The minimum atomic E-state index is -0.477. The molecule has 180 valence electrons. The van der Waals surface area contributed by atoms with E-state index in [2.05, 4.69) is 55.1 Å². The third-order valence-corrected chi connectivity index (χ3v) is 6.66. The Balaban J connectivity index is 1.45. The van der Waals surface area contributed by atoms with E-state index in [0.717, 1.165) is 46.3 Å². The van der Waals surface area contributed by atoms with Gasteiger partial charge in [-0.15, -0.1) is 0 Å². The van der Waals surface area contributed by atoms with Gasteiger partial charge in [-0.1, -0.05) is 5.16 Å². The molecule has 1 unspecified atom stereocenters. The predicted octanol–water partition coefficient (Wildman–Crippen LogP) is 5.52. The van der Waals surface area contributed by atoms with Crippen molar-refractivity contribution < 1.29 is 18.8 Å². The number of aromatic nitrogens is 3. The Hall–Kier alpha value is -1.91. The van der Waals surface area contributed by atoms with Gasteiger partial charge in [0.1, 0.15) is 11.9 Å². The van der Waals surface area contributed by atoms with Gasteiger partial charge in [-0.25, -0.2) is 9.25 Å². The highest BCUT2D eigenvalue weighted by Crippen LogP contribution is 2.36. The number of nitrogens with one attached hydrogen (secondary N) is 2. The molecule has 9 nitrogen and oxygen atoms in total. The van der Waals surface area contributed by atoms with Crippen molar-refractivity contribution in [2.24, 2.45) is 0 Å². The summed E-state index contributed by atoms with van der Waals surface area (Å²) in [5.41, 5.74) is 4.47. The molecule has 2 N–H and O–H groups in total. The van der Waals surface area contributed by atoms with E-state index in [1.165, 1.54) is 0 Å². The lowest BCUT2D eigenvalue weighted by molar-refractivity contribution is 0.0524. The number of halogens is 1. The van der Waals surface area contributed by atoms with Gasteiger partial charge in [0.15, 0.2) is 0 Å². The number of amides is 1. The number of rotatable bonds is 11. The fraction of sp³-hybridized carbons (Fsp3) is 0.500. The van der Waals surface area contributed by atoms with E-state index in [9.17, 15) is 4.79 Å². The molecule has 0 spiro atoms. The molecule has 11 heteroatoms. The van der Waals surface area contributed by atoms with E-state index in [0.29, 0.717) is 32.7 Å². The largest absolute Gasteiger partial charge is 0.444 e. The maximum atomic E-state index is 11.6. The highest BCUT2D eigenvalue weighted by molar-refractivity contribution is 14.2. The van der Waals surface area contributed by atoms with Crippen molar-refractivity contribution >= 4 is 51.1 Å². The summed E-state index contributed by atoms with van der Waals surface area (Å²) in [6.45, 7) is 9.95. The number of aryl methyl sites for hydroxylation is 1.